The summed E-state index contributed by atoms with van der Waals surface area (Å²) >= 11 is 1.62. The molecule has 0 aliphatic carbocycles. The van der Waals surface area contributed by atoms with E-state index in [1.54, 1.807) is 11.8 Å². The Morgan fingerprint density at radius 2 is 1.00 bits per heavy atom. The van der Waals surface area contributed by atoms with Gasteiger partial charge in [-0.2, -0.15) is 0 Å². The lowest BCUT2D eigenvalue weighted by Gasteiger charge is -1.92. The number of thioether (sulfide) groups is 1. The monoisotopic (exact) mass is 244 g/mol. The van der Waals surface area contributed by atoms with Crippen LogP contribution in [-0.4, -0.2) is 0 Å². The summed E-state index contributed by atoms with van der Waals surface area (Å²) in [4.78, 5) is 2.21. The molecular weight excluding hydrogens is 212 g/mol. The highest BCUT2D eigenvalue weighted by atomic mass is 32.2. The first-order chi connectivity index (χ1) is 7.40. The maximum atomic E-state index is 3.70. The quantitative estimate of drug-likeness (QED) is 0.491. The first kappa shape index (κ1) is 24.7. The molecule has 0 aromatic carbocycles. The van der Waals surface area contributed by atoms with Crippen LogP contribution in [0.5, 0.6) is 0 Å². The van der Waals surface area contributed by atoms with E-state index in [0.29, 0.717) is 0 Å². The molecule has 0 aliphatic rings. The Labute approximate surface area is 109 Å². The molecule has 0 heterocycles. The molecule has 0 aromatic rings. The van der Waals surface area contributed by atoms with Crippen molar-refractivity contribution in [3.63, 3.8) is 0 Å². The molecule has 0 radical (unpaired) electrons. The van der Waals surface area contributed by atoms with E-state index >= 15 is 0 Å². The molecular formula is C15H32S. The van der Waals surface area contributed by atoms with Gasteiger partial charge in [-0.15, -0.1) is 18.3 Å². The van der Waals surface area contributed by atoms with Gasteiger partial charge in [-0.1, -0.05) is 53.3 Å². The van der Waals surface area contributed by atoms with Crippen molar-refractivity contribution in [2.24, 2.45) is 0 Å². The van der Waals surface area contributed by atoms with Crippen molar-refractivity contribution in [2.75, 3.05) is 0 Å². The van der Waals surface area contributed by atoms with E-state index in [1.165, 1.54) is 5.57 Å². The first-order valence-electron chi connectivity index (χ1n) is 6.03. The minimum atomic E-state index is 1.10. The third-order valence-corrected chi connectivity index (χ3v) is 1.65. The van der Waals surface area contributed by atoms with Gasteiger partial charge in [0.15, 0.2) is 0 Å². The Morgan fingerprint density at radius 3 is 1.00 bits per heavy atom. The van der Waals surface area contributed by atoms with Crippen LogP contribution in [0.4, 0.5) is 0 Å². The molecule has 0 spiro atoms. The van der Waals surface area contributed by atoms with Crippen molar-refractivity contribution in [1.82, 2.24) is 0 Å². The second-order valence-corrected chi connectivity index (χ2v) is 4.41. The average Bonchev–Trinajstić information content (AvgIpc) is 2.22. The van der Waals surface area contributed by atoms with E-state index < -0.39 is 0 Å². The van der Waals surface area contributed by atoms with Crippen LogP contribution in [0.1, 0.15) is 61.8 Å². The number of hydrogen-bond acceptors (Lipinski definition) is 1. The SMILES string of the molecule is C=C(C)CC.C=C(C)SC(=C)C.CC.CC. The molecule has 0 rings (SSSR count). The second kappa shape index (κ2) is 24.0. The van der Waals surface area contributed by atoms with Gasteiger partial charge in [0.25, 0.3) is 0 Å². The Kier molecular flexibility index (Phi) is 37.1. The summed E-state index contributed by atoms with van der Waals surface area (Å²) in [6.07, 6.45) is 1.11. The normalized spacial score (nSPS) is 6.75. The highest BCUT2D eigenvalue weighted by Gasteiger charge is 1.82. The molecule has 0 nitrogen and oxygen atoms in total. The zero-order valence-electron chi connectivity index (χ0n) is 12.7. The fraction of sp³-hybridized carbons (Fsp3) is 0.600. The summed E-state index contributed by atoms with van der Waals surface area (Å²) in [5, 5.41) is 0. The van der Waals surface area contributed by atoms with E-state index in [2.05, 4.69) is 26.7 Å². The Balaban J connectivity index is -0.0000000704. The van der Waals surface area contributed by atoms with Crippen molar-refractivity contribution >= 4 is 11.8 Å². The molecule has 0 bridgehead atoms. The topological polar surface area (TPSA) is 0 Å². The van der Waals surface area contributed by atoms with Crippen LogP contribution in [0.25, 0.3) is 0 Å². The smallest absolute Gasteiger partial charge is 0.0209 e. The Morgan fingerprint density at radius 1 is 0.812 bits per heavy atom. The molecule has 1 heteroatoms. The van der Waals surface area contributed by atoms with Gasteiger partial charge in [0.2, 0.25) is 0 Å². The van der Waals surface area contributed by atoms with E-state index in [4.69, 9.17) is 0 Å². The van der Waals surface area contributed by atoms with E-state index in [-0.39, 0.29) is 0 Å². The molecule has 0 unspecified atom stereocenters. The molecule has 0 atom stereocenters. The van der Waals surface area contributed by atoms with Crippen molar-refractivity contribution in [3.05, 3.63) is 35.1 Å². The predicted molar refractivity (Wildman–Crippen MR) is 85.0 cm³/mol. The van der Waals surface area contributed by atoms with Crippen LogP contribution in [0.15, 0.2) is 35.1 Å². The van der Waals surface area contributed by atoms with Crippen molar-refractivity contribution in [3.8, 4) is 0 Å². The van der Waals surface area contributed by atoms with Crippen molar-refractivity contribution in [2.45, 2.75) is 61.8 Å². The minimum Gasteiger partial charge on any atom is -0.101 e. The van der Waals surface area contributed by atoms with Crippen LogP contribution in [0.3, 0.4) is 0 Å². The van der Waals surface area contributed by atoms with Crippen molar-refractivity contribution < 1.29 is 0 Å². The lowest BCUT2D eigenvalue weighted by Crippen LogP contribution is -1.59. The molecule has 0 saturated carbocycles. The molecule has 16 heavy (non-hydrogen) atoms. The molecule has 0 fully saturated rings. The van der Waals surface area contributed by atoms with Crippen LogP contribution < -0.4 is 0 Å². The van der Waals surface area contributed by atoms with E-state index in [9.17, 15) is 0 Å². The van der Waals surface area contributed by atoms with Crippen molar-refractivity contribution in [1.29, 1.82) is 0 Å². The van der Waals surface area contributed by atoms with Gasteiger partial charge in [0, 0.05) is 0 Å². The van der Waals surface area contributed by atoms with Crippen LogP contribution >= 0.6 is 11.8 Å². The second-order valence-electron chi connectivity index (χ2n) is 2.82. The Bertz CT molecular complexity index is 154. The number of rotatable bonds is 3. The molecule has 0 aromatic heterocycles. The van der Waals surface area contributed by atoms with E-state index in [0.717, 1.165) is 16.2 Å². The lowest BCUT2D eigenvalue weighted by molar-refractivity contribution is 1.11. The summed E-state index contributed by atoms with van der Waals surface area (Å²) in [6, 6.07) is 0. The maximum Gasteiger partial charge on any atom is -0.0209 e. The highest BCUT2D eigenvalue weighted by molar-refractivity contribution is 8.06. The van der Waals surface area contributed by atoms with Gasteiger partial charge in [-0.25, -0.2) is 0 Å². The first-order valence-corrected chi connectivity index (χ1v) is 6.85. The standard InChI is InChI=1S/C6H10S.C5H10.2C2H6/c1-5(2)7-6(3)4;1-4-5(2)3;2*1-2/h1,3H2,2,4H3;2,4H2,1,3H3;2*1-2H3. The summed E-state index contributed by atoms with van der Waals surface area (Å²) in [6.45, 7) is 27.1. The zero-order chi connectivity index (χ0) is 14.1. The lowest BCUT2D eigenvalue weighted by atomic mass is 10.3. The fourth-order valence-electron chi connectivity index (χ4n) is 0.297. The average molecular weight is 244 g/mol. The Hall–Kier alpha value is -0.430. The molecule has 0 saturated heterocycles. The van der Waals surface area contributed by atoms with Crippen LogP contribution in [0.2, 0.25) is 0 Å². The fourth-order valence-corrected chi connectivity index (χ4v) is 0.892. The number of allylic oxidation sites excluding steroid dienone is 3. The predicted octanol–water partition coefficient (Wildman–Crippen LogP) is 6.81. The third kappa shape index (κ3) is 69.1. The molecule has 0 N–H and O–H groups in total. The van der Waals surface area contributed by atoms with E-state index in [1.807, 2.05) is 48.5 Å². The van der Waals surface area contributed by atoms with Gasteiger partial charge in [0.05, 0.1) is 0 Å². The van der Waals surface area contributed by atoms with Gasteiger partial charge in [0.1, 0.15) is 0 Å². The largest absolute Gasteiger partial charge is 0.101 e. The summed E-state index contributed by atoms with van der Waals surface area (Å²) in [5.74, 6) is 0. The summed E-state index contributed by atoms with van der Waals surface area (Å²) in [7, 11) is 0. The zero-order valence-corrected chi connectivity index (χ0v) is 13.6. The van der Waals surface area contributed by atoms with Crippen LogP contribution in [-0.2, 0) is 0 Å². The van der Waals surface area contributed by atoms with Gasteiger partial charge < -0.3 is 0 Å². The number of hydrogen-bond donors (Lipinski definition) is 0. The van der Waals surface area contributed by atoms with Gasteiger partial charge in [-0.3, -0.25) is 0 Å². The third-order valence-electron chi connectivity index (χ3n) is 0.952. The molecule has 0 aliphatic heterocycles. The maximum absolute atomic E-state index is 3.70. The minimum absolute atomic E-state index is 1.10. The summed E-state index contributed by atoms with van der Waals surface area (Å²) in [5.41, 5.74) is 1.25. The molecule has 0 amide bonds. The van der Waals surface area contributed by atoms with Gasteiger partial charge in [-0.05, 0) is 37.0 Å². The van der Waals surface area contributed by atoms with Gasteiger partial charge >= 0.3 is 0 Å². The summed E-state index contributed by atoms with van der Waals surface area (Å²) < 4.78 is 0. The molecule has 98 valence electrons. The highest BCUT2D eigenvalue weighted by Crippen LogP contribution is 2.19. The van der Waals surface area contributed by atoms with Crippen LogP contribution in [0, 0.1) is 0 Å².